The van der Waals surface area contributed by atoms with Gasteiger partial charge in [-0.25, -0.2) is 4.79 Å². The Hall–Kier alpha value is -1.40. The van der Waals surface area contributed by atoms with Crippen molar-refractivity contribution in [2.75, 3.05) is 7.11 Å². The van der Waals surface area contributed by atoms with Crippen molar-refractivity contribution in [2.24, 2.45) is 0 Å². The summed E-state index contributed by atoms with van der Waals surface area (Å²) in [6.45, 7) is 1.82. The Labute approximate surface area is 94.6 Å². The summed E-state index contributed by atoms with van der Waals surface area (Å²) in [5, 5.41) is 8.96. The normalized spacial score (nSPS) is 20.1. The van der Waals surface area contributed by atoms with Gasteiger partial charge in [0.2, 0.25) is 10.3 Å². The quantitative estimate of drug-likeness (QED) is 0.727. The molecule has 0 saturated carbocycles. The van der Waals surface area contributed by atoms with E-state index in [-0.39, 0.29) is 10.4 Å². The van der Waals surface area contributed by atoms with Gasteiger partial charge in [0.05, 0.1) is 5.57 Å². The second-order valence-corrected chi connectivity index (χ2v) is 4.17. The fourth-order valence-electron chi connectivity index (χ4n) is 1.49. The fraction of sp³-hybridized carbons (Fsp3) is 0.400. The third kappa shape index (κ3) is 2.40. The minimum atomic E-state index is -2.48. The number of carboxylic acids is 1. The van der Waals surface area contributed by atoms with E-state index in [2.05, 4.69) is 0 Å². The van der Waals surface area contributed by atoms with Gasteiger partial charge in [-0.15, -0.1) is 0 Å². The Balaban J connectivity index is 3.39. The lowest BCUT2D eigenvalue weighted by Crippen LogP contribution is -2.31. The Morgan fingerprint density at radius 2 is 2.12 bits per heavy atom. The predicted octanol–water partition coefficient (Wildman–Crippen LogP) is 0.414. The molecule has 16 heavy (non-hydrogen) atoms. The number of rotatable bonds is 3. The summed E-state index contributed by atoms with van der Waals surface area (Å²) in [5.74, 6) is -1.17. The van der Waals surface area contributed by atoms with Crippen molar-refractivity contribution < 1.29 is 23.1 Å². The van der Waals surface area contributed by atoms with Gasteiger partial charge in [-0.3, -0.25) is 0 Å². The standard InChI is InChI=1S/C10H12O5S/c1-3-6-4-7(10(11)12)9(15-2)8(5-6)16(13)14/h4-5,9H,3H2,1-2H3,(H,11,12). The molecule has 0 heterocycles. The van der Waals surface area contributed by atoms with Crippen LogP contribution in [0.4, 0.5) is 0 Å². The van der Waals surface area contributed by atoms with Crippen molar-refractivity contribution in [3.05, 3.63) is 23.3 Å². The predicted molar refractivity (Wildman–Crippen MR) is 58.8 cm³/mol. The van der Waals surface area contributed by atoms with Crippen LogP contribution in [-0.2, 0) is 19.8 Å². The molecule has 1 atom stereocenters. The molecular weight excluding hydrogens is 232 g/mol. The van der Waals surface area contributed by atoms with Gasteiger partial charge in [0, 0.05) is 7.11 Å². The van der Waals surface area contributed by atoms with Gasteiger partial charge in [0.1, 0.15) is 11.0 Å². The molecule has 0 aliphatic heterocycles. The zero-order valence-corrected chi connectivity index (χ0v) is 9.74. The molecule has 1 unspecified atom stereocenters. The molecule has 0 aromatic heterocycles. The number of ether oxygens (including phenoxy) is 1. The first-order valence-corrected chi connectivity index (χ1v) is 5.73. The molecule has 0 saturated heterocycles. The summed E-state index contributed by atoms with van der Waals surface area (Å²) in [5.41, 5.74) is 0.603. The molecule has 0 spiro atoms. The van der Waals surface area contributed by atoms with Crippen LogP contribution in [0.15, 0.2) is 23.3 Å². The van der Waals surface area contributed by atoms with Crippen molar-refractivity contribution >= 4 is 21.1 Å². The number of allylic oxidation sites excluding steroid dienone is 2. The van der Waals surface area contributed by atoms with Crippen LogP contribution in [0, 0.1) is 0 Å². The SMILES string of the molecule is CCC1=CC(=S(=O)=O)C(OC)C(C(=O)O)=C1. The molecule has 1 aliphatic rings. The van der Waals surface area contributed by atoms with Gasteiger partial charge in [0.15, 0.2) is 0 Å². The number of carboxylic acid groups (broad SMARTS) is 1. The molecule has 5 nitrogen and oxygen atoms in total. The maximum Gasteiger partial charge on any atom is 0.334 e. The Morgan fingerprint density at radius 3 is 2.50 bits per heavy atom. The van der Waals surface area contributed by atoms with Crippen molar-refractivity contribution in [2.45, 2.75) is 19.4 Å². The minimum Gasteiger partial charge on any atom is -0.478 e. The molecule has 0 aromatic carbocycles. The van der Waals surface area contributed by atoms with E-state index in [1.165, 1.54) is 19.3 Å². The van der Waals surface area contributed by atoms with Crippen LogP contribution in [0.5, 0.6) is 0 Å². The first kappa shape index (κ1) is 12.7. The lowest BCUT2D eigenvalue weighted by atomic mass is 9.95. The van der Waals surface area contributed by atoms with Crippen LogP contribution < -0.4 is 0 Å². The Morgan fingerprint density at radius 1 is 1.50 bits per heavy atom. The minimum absolute atomic E-state index is 0.0424. The summed E-state index contributed by atoms with van der Waals surface area (Å²) in [6.07, 6.45) is 2.44. The fourth-order valence-corrected chi connectivity index (χ4v) is 2.13. The maximum atomic E-state index is 11.0. The summed E-state index contributed by atoms with van der Waals surface area (Å²) < 4.78 is 26.9. The van der Waals surface area contributed by atoms with Crippen LogP contribution in [-0.4, -0.2) is 37.6 Å². The van der Waals surface area contributed by atoms with E-state index in [4.69, 9.17) is 9.84 Å². The van der Waals surface area contributed by atoms with Gasteiger partial charge in [-0.2, -0.15) is 8.42 Å². The number of carbonyl (C=O) groups is 1. The molecule has 0 radical (unpaired) electrons. The first-order chi connectivity index (χ1) is 7.51. The van der Waals surface area contributed by atoms with Gasteiger partial charge in [0.25, 0.3) is 0 Å². The first-order valence-electron chi connectivity index (χ1n) is 4.65. The molecule has 1 N–H and O–H groups in total. The number of aliphatic carboxylic acids is 1. The second-order valence-electron chi connectivity index (χ2n) is 3.23. The molecule has 88 valence electrons. The molecule has 0 bridgehead atoms. The highest BCUT2D eigenvalue weighted by atomic mass is 32.2. The molecule has 0 fully saturated rings. The van der Waals surface area contributed by atoms with Crippen LogP contribution >= 0.6 is 0 Å². The molecule has 0 aromatic rings. The topological polar surface area (TPSA) is 80.7 Å². The van der Waals surface area contributed by atoms with Crippen LogP contribution in [0.2, 0.25) is 0 Å². The Kier molecular flexibility index (Phi) is 4.03. The van der Waals surface area contributed by atoms with Gasteiger partial charge in [-0.05, 0) is 24.1 Å². The second kappa shape index (κ2) is 5.09. The van der Waals surface area contributed by atoms with Crippen LogP contribution in [0.3, 0.4) is 0 Å². The molecule has 1 rings (SSSR count). The summed E-state index contributed by atoms with van der Waals surface area (Å²) in [6, 6.07) is 0. The zero-order chi connectivity index (χ0) is 12.3. The largest absolute Gasteiger partial charge is 0.478 e. The van der Waals surface area contributed by atoms with Crippen molar-refractivity contribution in [1.82, 2.24) is 0 Å². The monoisotopic (exact) mass is 244 g/mol. The average molecular weight is 244 g/mol. The van der Waals surface area contributed by atoms with Gasteiger partial charge >= 0.3 is 5.97 Å². The third-order valence-electron chi connectivity index (χ3n) is 2.29. The van der Waals surface area contributed by atoms with Gasteiger partial charge in [-0.1, -0.05) is 6.92 Å². The van der Waals surface area contributed by atoms with E-state index in [0.29, 0.717) is 12.0 Å². The molecule has 0 amide bonds. The number of hydrogen-bond donors (Lipinski definition) is 1. The summed E-state index contributed by atoms with van der Waals surface area (Å²) >= 11 is 0. The molecular formula is C10H12O5S. The van der Waals surface area contributed by atoms with E-state index in [0.717, 1.165) is 0 Å². The van der Waals surface area contributed by atoms with Gasteiger partial charge < -0.3 is 9.84 Å². The van der Waals surface area contributed by atoms with E-state index in [1.807, 2.05) is 6.92 Å². The number of methoxy groups -OCH3 is 1. The highest BCUT2D eigenvalue weighted by Crippen LogP contribution is 2.20. The van der Waals surface area contributed by atoms with E-state index < -0.39 is 22.4 Å². The van der Waals surface area contributed by atoms with E-state index >= 15 is 0 Å². The molecule has 1 aliphatic carbocycles. The van der Waals surface area contributed by atoms with Crippen molar-refractivity contribution in [3.63, 3.8) is 0 Å². The van der Waals surface area contributed by atoms with E-state index in [9.17, 15) is 13.2 Å². The number of hydrogen-bond acceptors (Lipinski definition) is 4. The van der Waals surface area contributed by atoms with Crippen LogP contribution in [0.25, 0.3) is 0 Å². The van der Waals surface area contributed by atoms with E-state index in [1.54, 1.807) is 0 Å². The van der Waals surface area contributed by atoms with Crippen molar-refractivity contribution in [3.8, 4) is 0 Å². The third-order valence-corrected chi connectivity index (χ3v) is 3.01. The average Bonchev–Trinajstić information content (AvgIpc) is 2.26. The maximum absolute atomic E-state index is 11.0. The lowest BCUT2D eigenvalue weighted by Gasteiger charge is -2.19. The van der Waals surface area contributed by atoms with Crippen molar-refractivity contribution in [1.29, 1.82) is 0 Å². The summed E-state index contributed by atoms with van der Waals surface area (Å²) in [7, 11) is -1.20. The Bertz CT molecular complexity index is 487. The summed E-state index contributed by atoms with van der Waals surface area (Å²) in [4.78, 5) is 10.9. The molecule has 6 heteroatoms. The highest BCUT2D eigenvalue weighted by Gasteiger charge is 2.28. The zero-order valence-electron chi connectivity index (χ0n) is 8.93. The lowest BCUT2D eigenvalue weighted by molar-refractivity contribution is -0.133. The highest BCUT2D eigenvalue weighted by molar-refractivity contribution is 7.73. The smallest absolute Gasteiger partial charge is 0.334 e. The van der Waals surface area contributed by atoms with Crippen LogP contribution in [0.1, 0.15) is 13.3 Å².